The van der Waals surface area contributed by atoms with Crippen LogP contribution in [0, 0.1) is 0 Å². The Morgan fingerprint density at radius 2 is 2.00 bits per heavy atom. The van der Waals surface area contributed by atoms with Gasteiger partial charge in [0.2, 0.25) is 0 Å². The number of benzene rings is 2. The van der Waals surface area contributed by atoms with E-state index in [4.69, 9.17) is 13.9 Å². The van der Waals surface area contributed by atoms with E-state index in [2.05, 4.69) is 29.2 Å². The Labute approximate surface area is 164 Å². The molecule has 4 nitrogen and oxygen atoms in total. The van der Waals surface area contributed by atoms with Crippen molar-refractivity contribution in [2.24, 2.45) is 0 Å². The third-order valence-corrected chi connectivity index (χ3v) is 6.23. The van der Waals surface area contributed by atoms with Crippen molar-refractivity contribution in [3.05, 3.63) is 72.2 Å². The van der Waals surface area contributed by atoms with E-state index in [1.165, 1.54) is 21.7 Å². The van der Waals surface area contributed by atoms with Crippen LogP contribution in [0.2, 0.25) is 0 Å². The standard InChI is InChI=1S/C22H23NO3S/c1-24-17-7-8-19-22(13-17)27-21(18-5-3-4-6-20(18)25-2)9-11-23(19)14-16-10-12-26-15-16/h3-8,10,12-13,15,21H,9,11,14H2,1-2H3/t21-/m0/s1. The number of hydrogen-bond acceptors (Lipinski definition) is 5. The van der Waals surface area contributed by atoms with E-state index in [0.717, 1.165) is 31.0 Å². The summed E-state index contributed by atoms with van der Waals surface area (Å²) in [5.74, 6) is 1.83. The van der Waals surface area contributed by atoms with Gasteiger partial charge in [-0.15, -0.1) is 11.8 Å². The van der Waals surface area contributed by atoms with Crippen LogP contribution in [0.5, 0.6) is 11.5 Å². The quantitative estimate of drug-likeness (QED) is 0.580. The van der Waals surface area contributed by atoms with Crippen LogP contribution in [0.4, 0.5) is 5.69 Å². The Hall–Kier alpha value is -2.53. The maximum Gasteiger partial charge on any atom is 0.123 e. The SMILES string of the molecule is COc1ccc2c(c1)S[C@H](c1ccccc1OC)CCN2Cc1ccoc1. The molecule has 2 aromatic carbocycles. The molecule has 0 aliphatic carbocycles. The molecule has 140 valence electrons. The van der Waals surface area contributed by atoms with Crippen LogP contribution in [0.15, 0.2) is 70.4 Å². The summed E-state index contributed by atoms with van der Waals surface area (Å²) in [6.07, 6.45) is 4.58. The second-order valence-corrected chi connectivity index (χ2v) is 7.77. The fourth-order valence-corrected chi connectivity index (χ4v) is 4.85. The average molecular weight is 381 g/mol. The van der Waals surface area contributed by atoms with Crippen molar-refractivity contribution in [2.45, 2.75) is 23.1 Å². The molecule has 0 unspecified atom stereocenters. The van der Waals surface area contributed by atoms with E-state index in [9.17, 15) is 0 Å². The summed E-state index contributed by atoms with van der Waals surface area (Å²) in [5.41, 5.74) is 3.65. The van der Waals surface area contributed by atoms with E-state index in [1.807, 2.05) is 42.3 Å². The summed E-state index contributed by atoms with van der Waals surface area (Å²) in [4.78, 5) is 3.65. The van der Waals surface area contributed by atoms with E-state index >= 15 is 0 Å². The number of para-hydroxylation sites is 1. The Kier molecular flexibility index (Phi) is 5.30. The van der Waals surface area contributed by atoms with E-state index in [-0.39, 0.29) is 0 Å². The van der Waals surface area contributed by atoms with E-state index in [1.54, 1.807) is 20.5 Å². The minimum atomic E-state index is 0.321. The molecule has 5 heteroatoms. The minimum absolute atomic E-state index is 0.321. The van der Waals surface area contributed by atoms with Gasteiger partial charge in [0, 0.05) is 34.4 Å². The first kappa shape index (κ1) is 17.9. The lowest BCUT2D eigenvalue weighted by Gasteiger charge is -2.24. The molecule has 4 rings (SSSR count). The van der Waals surface area contributed by atoms with Gasteiger partial charge in [-0.05, 0) is 36.8 Å². The summed E-state index contributed by atoms with van der Waals surface area (Å²) in [6.45, 7) is 1.79. The highest BCUT2D eigenvalue weighted by molar-refractivity contribution is 7.99. The molecular weight excluding hydrogens is 358 g/mol. The number of nitrogens with zero attached hydrogens (tertiary/aromatic N) is 1. The van der Waals surface area contributed by atoms with E-state index < -0.39 is 0 Å². The first-order chi connectivity index (χ1) is 13.3. The highest BCUT2D eigenvalue weighted by Crippen LogP contribution is 2.48. The molecule has 1 aliphatic rings. The zero-order valence-corrected chi connectivity index (χ0v) is 16.4. The smallest absolute Gasteiger partial charge is 0.123 e. The summed E-state index contributed by atoms with van der Waals surface area (Å²) < 4.78 is 16.4. The van der Waals surface area contributed by atoms with Gasteiger partial charge in [-0.2, -0.15) is 0 Å². The summed E-state index contributed by atoms with van der Waals surface area (Å²) in [5, 5.41) is 0.321. The lowest BCUT2D eigenvalue weighted by atomic mass is 10.1. The van der Waals surface area contributed by atoms with E-state index in [0.29, 0.717) is 5.25 Å². The Bertz CT molecular complexity index is 894. The Morgan fingerprint density at radius 3 is 2.78 bits per heavy atom. The molecule has 0 amide bonds. The van der Waals surface area contributed by atoms with Gasteiger partial charge >= 0.3 is 0 Å². The molecule has 0 bridgehead atoms. The highest BCUT2D eigenvalue weighted by atomic mass is 32.2. The van der Waals surface area contributed by atoms with Crippen LogP contribution in [0.1, 0.15) is 22.8 Å². The first-order valence-electron chi connectivity index (χ1n) is 9.02. The minimum Gasteiger partial charge on any atom is -0.497 e. The van der Waals surface area contributed by atoms with Crippen molar-refractivity contribution in [1.29, 1.82) is 0 Å². The third kappa shape index (κ3) is 3.78. The second kappa shape index (κ2) is 8.01. The lowest BCUT2D eigenvalue weighted by Crippen LogP contribution is -2.23. The molecule has 0 radical (unpaired) electrons. The van der Waals surface area contributed by atoms with Gasteiger partial charge in [0.15, 0.2) is 0 Å². The Morgan fingerprint density at radius 1 is 1.11 bits per heavy atom. The van der Waals surface area contributed by atoms with Gasteiger partial charge in [0.05, 0.1) is 32.4 Å². The fourth-order valence-electron chi connectivity index (χ4n) is 3.50. The molecule has 1 aliphatic heterocycles. The van der Waals surface area contributed by atoms with Crippen LogP contribution in [0.25, 0.3) is 0 Å². The van der Waals surface area contributed by atoms with Gasteiger partial charge in [-0.3, -0.25) is 0 Å². The normalized spacial score (nSPS) is 16.5. The van der Waals surface area contributed by atoms with Gasteiger partial charge in [0.25, 0.3) is 0 Å². The van der Waals surface area contributed by atoms with Crippen LogP contribution >= 0.6 is 11.8 Å². The van der Waals surface area contributed by atoms with Gasteiger partial charge < -0.3 is 18.8 Å². The fraction of sp³-hybridized carbons (Fsp3) is 0.273. The first-order valence-corrected chi connectivity index (χ1v) is 9.90. The zero-order valence-electron chi connectivity index (χ0n) is 15.6. The second-order valence-electron chi connectivity index (χ2n) is 6.52. The molecular formula is C22H23NO3S. The zero-order chi connectivity index (χ0) is 18.6. The third-order valence-electron chi connectivity index (χ3n) is 4.88. The van der Waals surface area contributed by atoms with Crippen molar-refractivity contribution in [1.82, 2.24) is 0 Å². The number of ether oxygens (including phenoxy) is 2. The summed E-state index contributed by atoms with van der Waals surface area (Å²) >= 11 is 1.88. The van der Waals surface area contributed by atoms with Gasteiger partial charge in [-0.25, -0.2) is 0 Å². The Balaban J connectivity index is 1.70. The van der Waals surface area contributed by atoms with Crippen LogP contribution < -0.4 is 14.4 Å². The van der Waals surface area contributed by atoms with Crippen molar-refractivity contribution in [3.8, 4) is 11.5 Å². The highest BCUT2D eigenvalue weighted by Gasteiger charge is 2.26. The number of fused-ring (bicyclic) bond motifs is 1. The molecule has 0 saturated heterocycles. The molecule has 0 spiro atoms. The molecule has 0 N–H and O–H groups in total. The summed E-state index contributed by atoms with van der Waals surface area (Å²) in [6, 6.07) is 16.7. The number of anilines is 1. The average Bonchev–Trinajstić information content (AvgIpc) is 3.16. The lowest BCUT2D eigenvalue weighted by molar-refractivity contribution is 0.409. The largest absolute Gasteiger partial charge is 0.497 e. The number of thioether (sulfide) groups is 1. The van der Waals surface area contributed by atoms with Crippen molar-refractivity contribution in [2.75, 3.05) is 25.7 Å². The predicted molar refractivity (Wildman–Crippen MR) is 109 cm³/mol. The molecule has 0 saturated carbocycles. The van der Waals surface area contributed by atoms with Crippen molar-refractivity contribution >= 4 is 17.4 Å². The molecule has 1 aromatic heterocycles. The van der Waals surface area contributed by atoms with Gasteiger partial charge in [-0.1, -0.05) is 18.2 Å². The van der Waals surface area contributed by atoms with Crippen LogP contribution in [-0.4, -0.2) is 20.8 Å². The number of rotatable bonds is 5. The molecule has 0 fully saturated rings. The van der Waals surface area contributed by atoms with Crippen LogP contribution in [-0.2, 0) is 6.54 Å². The number of methoxy groups -OCH3 is 2. The molecule has 1 atom stereocenters. The van der Waals surface area contributed by atoms with Crippen molar-refractivity contribution < 1.29 is 13.9 Å². The molecule has 2 heterocycles. The van der Waals surface area contributed by atoms with Crippen molar-refractivity contribution in [3.63, 3.8) is 0 Å². The predicted octanol–water partition coefficient (Wildman–Crippen LogP) is 5.54. The number of furan rings is 1. The van der Waals surface area contributed by atoms with Gasteiger partial charge in [0.1, 0.15) is 11.5 Å². The summed E-state index contributed by atoms with van der Waals surface area (Å²) in [7, 11) is 3.45. The number of hydrogen-bond donors (Lipinski definition) is 0. The molecule has 3 aromatic rings. The van der Waals surface area contributed by atoms with Crippen LogP contribution in [0.3, 0.4) is 0 Å². The maximum atomic E-state index is 5.62. The topological polar surface area (TPSA) is 34.8 Å². The monoisotopic (exact) mass is 381 g/mol. The molecule has 27 heavy (non-hydrogen) atoms. The maximum absolute atomic E-state index is 5.62.